The molecule has 0 amide bonds. The van der Waals surface area contributed by atoms with Crippen molar-refractivity contribution >= 4 is 21.9 Å². The molecule has 0 aromatic carbocycles. The summed E-state index contributed by atoms with van der Waals surface area (Å²) in [6, 6.07) is 0. The van der Waals surface area contributed by atoms with E-state index in [0.29, 0.717) is 19.4 Å². The molecule has 12 heteroatoms. The lowest BCUT2D eigenvalue weighted by Gasteiger charge is -2.49. The molecule has 5 aliphatic rings. The number of hydrogen-bond donors (Lipinski definition) is 3. The van der Waals surface area contributed by atoms with Crippen LogP contribution in [0.25, 0.3) is 0 Å². The molecule has 5 aliphatic heterocycles. The minimum atomic E-state index is -1.56. The number of ether oxygens (including phenoxy) is 7. The third kappa shape index (κ3) is 9.08. The standard InChI is InChI=1S/C42H73BrO11/c1-10-40(37-26(3)22-32(50-37)34-25(2)21-27(4)42(47,24-44)53-34)16-15-33(51-40)39(8)17-18-41(54-39)23-31(45)28(5)36(52-41)29(6)35(48-9)30(7)38(46)49-20-14-12-11-13-19-43/h25-37,44-45,47H,10-24H2,1-9H3/t25-,26-,27+,28+,29-,30-,31-,32+,33+,34-,35+,36-,37+,39-,40-,41+,42-/m1/s1. The van der Waals surface area contributed by atoms with E-state index >= 15 is 0 Å². The largest absolute Gasteiger partial charge is 0.465 e. The van der Waals surface area contributed by atoms with E-state index in [1.165, 1.54) is 0 Å². The van der Waals surface area contributed by atoms with Crippen LogP contribution in [0.2, 0.25) is 0 Å². The van der Waals surface area contributed by atoms with Crippen LogP contribution in [0.3, 0.4) is 0 Å². The predicted molar refractivity (Wildman–Crippen MR) is 208 cm³/mol. The van der Waals surface area contributed by atoms with Crippen LogP contribution in [0.4, 0.5) is 0 Å². The number of carbonyl (C=O) groups excluding carboxylic acids is 1. The number of aliphatic hydroxyl groups excluding tert-OH is 2. The van der Waals surface area contributed by atoms with Crippen LogP contribution in [0.15, 0.2) is 0 Å². The first-order valence-corrected chi connectivity index (χ1v) is 22.3. The summed E-state index contributed by atoms with van der Waals surface area (Å²) in [6.07, 6.45) is 7.42. The summed E-state index contributed by atoms with van der Waals surface area (Å²) in [6.45, 7) is 16.4. The van der Waals surface area contributed by atoms with Gasteiger partial charge in [0.1, 0.15) is 0 Å². The first-order valence-electron chi connectivity index (χ1n) is 21.2. The Morgan fingerprint density at radius 3 is 2.37 bits per heavy atom. The molecule has 5 saturated heterocycles. The fourth-order valence-corrected chi connectivity index (χ4v) is 11.2. The summed E-state index contributed by atoms with van der Waals surface area (Å²) in [4.78, 5) is 13.1. The van der Waals surface area contributed by atoms with Crippen molar-refractivity contribution in [2.24, 2.45) is 35.5 Å². The van der Waals surface area contributed by atoms with Crippen LogP contribution < -0.4 is 0 Å². The molecule has 54 heavy (non-hydrogen) atoms. The van der Waals surface area contributed by atoms with Crippen LogP contribution in [-0.4, -0.2) is 112 Å². The summed E-state index contributed by atoms with van der Waals surface area (Å²) < 4.78 is 45.8. The normalized spacial score (nSPS) is 45.8. The molecule has 0 aromatic heterocycles. The molecular formula is C42H73BrO11. The number of esters is 1. The van der Waals surface area contributed by atoms with Crippen molar-refractivity contribution < 1.29 is 53.3 Å². The van der Waals surface area contributed by atoms with Crippen LogP contribution in [0.5, 0.6) is 0 Å². The first kappa shape index (κ1) is 44.7. The van der Waals surface area contributed by atoms with E-state index in [9.17, 15) is 20.1 Å². The topological polar surface area (TPSA) is 142 Å². The second-order valence-corrected chi connectivity index (χ2v) is 19.0. The van der Waals surface area contributed by atoms with Gasteiger partial charge in [0, 0.05) is 43.0 Å². The highest BCUT2D eigenvalue weighted by molar-refractivity contribution is 9.09. The summed E-state index contributed by atoms with van der Waals surface area (Å²) in [5, 5.41) is 33.5. The van der Waals surface area contributed by atoms with Gasteiger partial charge in [-0.2, -0.15) is 0 Å². The lowest BCUT2D eigenvalue weighted by Crippen LogP contribution is -2.57. The summed E-state index contributed by atoms with van der Waals surface area (Å²) in [5.74, 6) is -3.49. The number of alkyl halides is 1. The Morgan fingerprint density at radius 2 is 1.70 bits per heavy atom. The molecule has 0 radical (unpaired) electrons. The van der Waals surface area contributed by atoms with E-state index in [4.69, 9.17) is 33.2 Å². The van der Waals surface area contributed by atoms with Gasteiger partial charge in [0.25, 0.3) is 0 Å². The van der Waals surface area contributed by atoms with Gasteiger partial charge in [-0.05, 0) is 77.0 Å². The Bertz CT molecular complexity index is 1230. The summed E-state index contributed by atoms with van der Waals surface area (Å²) in [5.41, 5.74) is -1.13. The molecule has 5 rings (SSSR count). The number of hydrogen-bond acceptors (Lipinski definition) is 11. The van der Waals surface area contributed by atoms with E-state index < -0.39 is 53.6 Å². The molecule has 0 aromatic rings. The predicted octanol–water partition coefficient (Wildman–Crippen LogP) is 6.69. The van der Waals surface area contributed by atoms with Crippen molar-refractivity contribution in [2.75, 3.05) is 25.7 Å². The minimum Gasteiger partial charge on any atom is -0.465 e. The monoisotopic (exact) mass is 832 g/mol. The molecule has 1 spiro atoms. The van der Waals surface area contributed by atoms with Crippen molar-refractivity contribution in [1.82, 2.24) is 0 Å². The highest BCUT2D eigenvalue weighted by Gasteiger charge is 2.62. The van der Waals surface area contributed by atoms with Gasteiger partial charge in [0.15, 0.2) is 11.6 Å². The number of halogens is 1. The van der Waals surface area contributed by atoms with Crippen molar-refractivity contribution in [2.45, 2.75) is 198 Å². The van der Waals surface area contributed by atoms with Crippen LogP contribution >= 0.6 is 15.9 Å². The maximum atomic E-state index is 13.1. The average Bonchev–Trinajstić information content (AvgIpc) is 3.86. The maximum Gasteiger partial charge on any atom is 0.311 e. The van der Waals surface area contributed by atoms with Crippen LogP contribution in [0, 0.1) is 35.5 Å². The molecule has 17 atom stereocenters. The SMILES string of the molecule is CC[C@]1([C@H]2O[C@H]([C@@H]3O[C@](O)(CO)[C@@H](C)C[C@H]3C)C[C@H]2C)CC[C@@H]([C@@]2(C)CC[C@@]3(C[C@@H](O)[C@H](C)[C@H]([C@H](C)[C@H](OC)[C@@H](C)C(=O)OCCCCCCBr)O3)O2)O1. The molecule has 3 N–H and O–H groups in total. The van der Waals surface area contributed by atoms with Gasteiger partial charge >= 0.3 is 5.97 Å². The lowest BCUT2D eigenvalue weighted by molar-refractivity contribution is -0.336. The maximum absolute atomic E-state index is 13.1. The zero-order valence-corrected chi connectivity index (χ0v) is 36.2. The highest BCUT2D eigenvalue weighted by Crippen LogP contribution is 2.55. The average molecular weight is 834 g/mol. The van der Waals surface area contributed by atoms with Gasteiger partial charge in [-0.1, -0.05) is 70.3 Å². The van der Waals surface area contributed by atoms with Gasteiger partial charge in [0.2, 0.25) is 0 Å². The number of methoxy groups -OCH3 is 1. The van der Waals surface area contributed by atoms with Gasteiger partial charge in [-0.15, -0.1) is 0 Å². The fourth-order valence-electron chi connectivity index (χ4n) is 10.8. The Hall–Kier alpha value is -0.410. The van der Waals surface area contributed by atoms with Crippen LogP contribution in [-0.2, 0) is 38.0 Å². The van der Waals surface area contributed by atoms with Gasteiger partial charge in [-0.3, -0.25) is 4.79 Å². The molecule has 314 valence electrons. The number of carbonyl (C=O) groups is 1. The zero-order valence-electron chi connectivity index (χ0n) is 34.6. The molecule has 0 aliphatic carbocycles. The molecule has 11 nitrogen and oxygen atoms in total. The second-order valence-electron chi connectivity index (χ2n) is 18.2. The van der Waals surface area contributed by atoms with E-state index in [0.717, 1.165) is 69.5 Å². The van der Waals surface area contributed by atoms with Gasteiger partial charge in [0.05, 0.1) is 73.1 Å². The number of aliphatic hydroxyl groups is 3. The van der Waals surface area contributed by atoms with Gasteiger partial charge < -0.3 is 48.5 Å². The smallest absolute Gasteiger partial charge is 0.311 e. The van der Waals surface area contributed by atoms with Gasteiger partial charge in [-0.25, -0.2) is 0 Å². The highest BCUT2D eigenvalue weighted by atomic mass is 79.9. The Labute approximate surface area is 333 Å². The minimum absolute atomic E-state index is 0.147. The molecular weight excluding hydrogens is 760 g/mol. The zero-order chi connectivity index (χ0) is 39.6. The quantitative estimate of drug-likeness (QED) is 0.0871. The lowest BCUT2D eigenvalue weighted by atomic mass is 9.78. The first-order chi connectivity index (χ1) is 25.5. The molecule has 5 fully saturated rings. The third-order valence-electron chi connectivity index (χ3n) is 14.3. The third-order valence-corrected chi connectivity index (χ3v) is 14.9. The Kier molecular flexibility index (Phi) is 15.1. The van der Waals surface area contributed by atoms with E-state index in [2.05, 4.69) is 43.6 Å². The summed E-state index contributed by atoms with van der Waals surface area (Å²) >= 11 is 3.46. The Balaban J connectivity index is 1.23. The van der Waals surface area contributed by atoms with Crippen molar-refractivity contribution in [1.29, 1.82) is 0 Å². The molecule has 0 unspecified atom stereocenters. The molecule has 0 bridgehead atoms. The Morgan fingerprint density at radius 1 is 0.981 bits per heavy atom. The van der Waals surface area contributed by atoms with E-state index in [1.807, 2.05) is 27.7 Å². The van der Waals surface area contributed by atoms with Crippen molar-refractivity contribution in [3.8, 4) is 0 Å². The van der Waals surface area contributed by atoms with Crippen molar-refractivity contribution in [3.63, 3.8) is 0 Å². The van der Waals surface area contributed by atoms with Crippen molar-refractivity contribution in [3.05, 3.63) is 0 Å². The summed E-state index contributed by atoms with van der Waals surface area (Å²) in [7, 11) is 1.63. The van der Waals surface area contributed by atoms with E-state index in [-0.39, 0.29) is 60.0 Å². The molecule has 5 heterocycles. The van der Waals surface area contributed by atoms with Crippen LogP contribution in [0.1, 0.15) is 132 Å². The number of rotatable bonds is 16. The fraction of sp³-hybridized carbons (Fsp3) is 0.976. The second kappa shape index (κ2) is 18.2. The van der Waals surface area contributed by atoms with E-state index in [1.54, 1.807) is 7.11 Å². The number of unbranched alkanes of at least 4 members (excludes halogenated alkanes) is 3. The molecule has 0 saturated carbocycles.